The SMILES string of the molecule is C=Cc1ccc(COc2ccc3oc(=O)c(-c4ccccc4)c(C)c3c2)cc1. The van der Waals surface area contributed by atoms with Crippen molar-refractivity contribution in [2.45, 2.75) is 13.5 Å². The van der Waals surface area contributed by atoms with Gasteiger partial charge in [0, 0.05) is 5.39 Å². The zero-order chi connectivity index (χ0) is 19.5. The molecule has 0 bridgehead atoms. The summed E-state index contributed by atoms with van der Waals surface area (Å²) in [6, 6.07) is 23.2. The van der Waals surface area contributed by atoms with E-state index in [-0.39, 0.29) is 5.63 Å². The largest absolute Gasteiger partial charge is 0.489 e. The number of benzene rings is 3. The molecule has 0 fully saturated rings. The van der Waals surface area contributed by atoms with E-state index in [2.05, 4.69) is 6.58 Å². The third-order valence-electron chi connectivity index (χ3n) is 4.82. The average molecular weight is 368 g/mol. The van der Waals surface area contributed by atoms with E-state index in [1.54, 1.807) is 6.07 Å². The predicted octanol–water partition coefficient (Wildman–Crippen LogP) is 5.99. The fraction of sp³-hybridized carbons (Fsp3) is 0.0800. The molecule has 0 spiro atoms. The summed E-state index contributed by atoms with van der Waals surface area (Å²) >= 11 is 0. The van der Waals surface area contributed by atoms with Crippen LogP contribution in [0.25, 0.3) is 28.2 Å². The molecule has 0 radical (unpaired) electrons. The van der Waals surface area contributed by atoms with E-state index in [1.807, 2.05) is 79.7 Å². The number of aryl methyl sites for hydroxylation is 1. The fourth-order valence-electron chi connectivity index (χ4n) is 3.28. The summed E-state index contributed by atoms with van der Waals surface area (Å²) in [7, 11) is 0. The van der Waals surface area contributed by atoms with Gasteiger partial charge in [0.1, 0.15) is 17.9 Å². The van der Waals surface area contributed by atoms with Gasteiger partial charge in [0.15, 0.2) is 0 Å². The standard InChI is InChI=1S/C25H20O3/c1-3-18-9-11-19(12-10-18)16-27-21-13-14-23-22(15-21)17(2)24(25(26)28-23)20-7-5-4-6-8-20/h3-15H,1,16H2,2H3. The number of rotatable bonds is 5. The normalized spacial score (nSPS) is 10.8. The van der Waals surface area contributed by atoms with Crippen molar-refractivity contribution in [3.05, 3.63) is 106 Å². The second-order valence-corrected chi connectivity index (χ2v) is 6.65. The average Bonchev–Trinajstić information content (AvgIpc) is 2.73. The minimum Gasteiger partial charge on any atom is -0.489 e. The lowest BCUT2D eigenvalue weighted by molar-refractivity contribution is 0.306. The van der Waals surface area contributed by atoms with Gasteiger partial charge in [-0.05, 0) is 47.4 Å². The minimum absolute atomic E-state index is 0.327. The monoisotopic (exact) mass is 368 g/mol. The molecule has 28 heavy (non-hydrogen) atoms. The Morgan fingerprint density at radius 3 is 2.46 bits per heavy atom. The molecule has 3 aromatic carbocycles. The maximum atomic E-state index is 12.5. The summed E-state index contributed by atoms with van der Waals surface area (Å²) in [5.74, 6) is 0.733. The molecule has 0 amide bonds. The molecule has 0 aliphatic carbocycles. The summed E-state index contributed by atoms with van der Waals surface area (Å²) in [5.41, 5.74) is 4.71. The highest BCUT2D eigenvalue weighted by Crippen LogP contribution is 2.29. The Bertz CT molecular complexity index is 1190. The Morgan fingerprint density at radius 1 is 1.00 bits per heavy atom. The van der Waals surface area contributed by atoms with Crippen LogP contribution < -0.4 is 10.4 Å². The van der Waals surface area contributed by atoms with Gasteiger partial charge in [0.25, 0.3) is 0 Å². The van der Waals surface area contributed by atoms with E-state index in [4.69, 9.17) is 9.15 Å². The number of ether oxygens (including phenoxy) is 1. The van der Waals surface area contributed by atoms with E-state index in [9.17, 15) is 4.79 Å². The molecule has 1 aromatic heterocycles. The Morgan fingerprint density at radius 2 is 1.75 bits per heavy atom. The van der Waals surface area contributed by atoms with Gasteiger partial charge in [-0.15, -0.1) is 0 Å². The molecule has 3 heteroatoms. The van der Waals surface area contributed by atoms with Crippen LogP contribution in [-0.4, -0.2) is 0 Å². The van der Waals surface area contributed by atoms with Gasteiger partial charge in [-0.2, -0.15) is 0 Å². The van der Waals surface area contributed by atoms with E-state index in [0.717, 1.165) is 33.4 Å². The van der Waals surface area contributed by atoms with Crippen LogP contribution >= 0.6 is 0 Å². The smallest absolute Gasteiger partial charge is 0.344 e. The lowest BCUT2D eigenvalue weighted by Gasteiger charge is -2.11. The highest BCUT2D eigenvalue weighted by molar-refractivity contribution is 5.87. The molecule has 0 atom stereocenters. The second kappa shape index (κ2) is 7.57. The van der Waals surface area contributed by atoms with Crippen molar-refractivity contribution in [2.24, 2.45) is 0 Å². The van der Waals surface area contributed by atoms with Crippen molar-refractivity contribution in [2.75, 3.05) is 0 Å². The molecule has 3 nitrogen and oxygen atoms in total. The Balaban J connectivity index is 1.67. The van der Waals surface area contributed by atoms with Crippen LogP contribution in [0.5, 0.6) is 5.75 Å². The van der Waals surface area contributed by atoms with Crippen molar-refractivity contribution in [1.82, 2.24) is 0 Å². The third kappa shape index (κ3) is 3.47. The summed E-state index contributed by atoms with van der Waals surface area (Å²) < 4.78 is 11.5. The van der Waals surface area contributed by atoms with Gasteiger partial charge in [-0.3, -0.25) is 0 Å². The Hall–Kier alpha value is -3.59. The first-order valence-corrected chi connectivity index (χ1v) is 9.13. The van der Waals surface area contributed by atoms with Gasteiger partial charge in [-0.25, -0.2) is 4.79 Å². The minimum atomic E-state index is -0.327. The zero-order valence-electron chi connectivity index (χ0n) is 15.6. The van der Waals surface area contributed by atoms with Gasteiger partial charge in [0.2, 0.25) is 0 Å². The second-order valence-electron chi connectivity index (χ2n) is 6.65. The quantitative estimate of drug-likeness (QED) is 0.406. The van der Waals surface area contributed by atoms with Gasteiger partial charge >= 0.3 is 5.63 Å². The highest BCUT2D eigenvalue weighted by Gasteiger charge is 2.13. The van der Waals surface area contributed by atoms with Crippen LogP contribution in [0, 0.1) is 6.92 Å². The molecule has 0 aliphatic heterocycles. The van der Waals surface area contributed by atoms with Crippen molar-refractivity contribution < 1.29 is 9.15 Å². The number of hydrogen-bond acceptors (Lipinski definition) is 3. The molecule has 0 saturated heterocycles. The molecular weight excluding hydrogens is 348 g/mol. The summed E-state index contributed by atoms with van der Waals surface area (Å²) in [5, 5.41) is 0.873. The molecule has 0 saturated carbocycles. The van der Waals surface area contributed by atoms with Crippen LogP contribution in [0.3, 0.4) is 0 Å². The Kier molecular flexibility index (Phi) is 4.81. The lowest BCUT2D eigenvalue weighted by Crippen LogP contribution is -2.06. The van der Waals surface area contributed by atoms with Crippen LogP contribution in [0.2, 0.25) is 0 Å². The topological polar surface area (TPSA) is 39.4 Å². The summed E-state index contributed by atoms with van der Waals surface area (Å²) in [6.07, 6.45) is 1.81. The van der Waals surface area contributed by atoms with Crippen LogP contribution in [0.15, 0.2) is 88.6 Å². The summed E-state index contributed by atoms with van der Waals surface area (Å²) in [6.45, 7) is 6.17. The van der Waals surface area contributed by atoms with Crippen LogP contribution in [0.1, 0.15) is 16.7 Å². The first-order chi connectivity index (χ1) is 13.7. The summed E-state index contributed by atoms with van der Waals surface area (Å²) in [4.78, 5) is 12.5. The first-order valence-electron chi connectivity index (χ1n) is 9.13. The maximum Gasteiger partial charge on any atom is 0.344 e. The van der Waals surface area contributed by atoms with Crippen molar-refractivity contribution in [3.63, 3.8) is 0 Å². The van der Waals surface area contributed by atoms with E-state index in [1.165, 1.54) is 0 Å². The lowest BCUT2D eigenvalue weighted by atomic mass is 9.99. The zero-order valence-corrected chi connectivity index (χ0v) is 15.6. The fourth-order valence-corrected chi connectivity index (χ4v) is 3.28. The molecular formula is C25H20O3. The van der Waals surface area contributed by atoms with E-state index < -0.39 is 0 Å². The number of fused-ring (bicyclic) bond motifs is 1. The van der Waals surface area contributed by atoms with Gasteiger partial charge < -0.3 is 9.15 Å². The molecule has 0 aliphatic rings. The molecule has 0 N–H and O–H groups in total. The molecule has 4 aromatic rings. The van der Waals surface area contributed by atoms with E-state index in [0.29, 0.717) is 17.8 Å². The predicted molar refractivity (Wildman–Crippen MR) is 114 cm³/mol. The highest BCUT2D eigenvalue weighted by atomic mass is 16.5. The van der Waals surface area contributed by atoms with Crippen molar-refractivity contribution in [3.8, 4) is 16.9 Å². The molecule has 4 rings (SSSR count). The van der Waals surface area contributed by atoms with Crippen molar-refractivity contribution in [1.29, 1.82) is 0 Å². The Labute approximate surface area is 163 Å². The molecule has 138 valence electrons. The van der Waals surface area contributed by atoms with Crippen molar-refractivity contribution >= 4 is 17.0 Å². The molecule has 1 heterocycles. The third-order valence-corrected chi connectivity index (χ3v) is 4.82. The first kappa shape index (κ1) is 17.8. The van der Waals surface area contributed by atoms with E-state index >= 15 is 0 Å². The maximum absolute atomic E-state index is 12.5. The van der Waals surface area contributed by atoms with Gasteiger partial charge in [-0.1, -0.05) is 67.3 Å². The number of hydrogen-bond donors (Lipinski definition) is 0. The molecule has 0 unspecified atom stereocenters. The van der Waals surface area contributed by atoms with Gasteiger partial charge in [0.05, 0.1) is 5.56 Å². The van der Waals surface area contributed by atoms with Crippen LogP contribution in [-0.2, 0) is 6.61 Å². The van der Waals surface area contributed by atoms with Crippen LogP contribution in [0.4, 0.5) is 0 Å².